The molecule has 2 N–H and O–H groups in total. The lowest BCUT2D eigenvalue weighted by atomic mass is 9.95. The minimum atomic E-state index is -1.02. The van der Waals surface area contributed by atoms with Gasteiger partial charge in [0.25, 0.3) is 5.91 Å². The molecule has 0 saturated heterocycles. The smallest absolute Gasteiger partial charge is 0.337 e. The van der Waals surface area contributed by atoms with Crippen molar-refractivity contribution in [1.29, 1.82) is 0 Å². The Bertz CT molecular complexity index is 1590. The molecular formula is C29H26N2O5. The molecule has 1 unspecified atom stereocenters. The standard InChI is InChI=1S/C29H26N2O5/c1-16-12-22(17(2)30-24-7-5-4-6-21(24)29(34)35)27-23(13-16)25(32)15-26(36-27)19-8-9-20-18(14-19)10-11-31(3)28(20)33/h4-9,12-15,17,30H,10-11H2,1-3H3,(H,34,35). The second-order valence-electron chi connectivity index (χ2n) is 9.27. The van der Waals surface area contributed by atoms with E-state index in [4.69, 9.17) is 4.42 Å². The van der Waals surface area contributed by atoms with Crippen molar-refractivity contribution < 1.29 is 19.1 Å². The zero-order chi connectivity index (χ0) is 25.6. The predicted octanol–water partition coefficient (Wildman–Crippen LogP) is 5.27. The van der Waals surface area contributed by atoms with Gasteiger partial charge in [-0.15, -0.1) is 0 Å². The number of likely N-dealkylation sites (N-methyl/N-ethyl adjacent to an activating group) is 1. The van der Waals surface area contributed by atoms with Crippen molar-refractivity contribution in [3.63, 3.8) is 0 Å². The number of aryl methyl sites for hydroxylation is 1. The van der Waals surface area contributed by atoms with Crippen LogP contribution in [0.4, 0.5) is 5.69 Å². The second kappa shape index (κ2) is 9.00. The highest BCUT2D eigenvalue weighted by Crippen LogP contribution is 2.32. The number of carbonyl (C=O) groups excluding carboxylic acids is 1. The Labute approximate surface area is 208 Å². The van der Waals surface area contributed by atoms with E-state index >= 15 is 0 Å². The number of aromatic carboxylic acids is 1. The lowest BCUT2D eigenvalue weighted by Gasteiger charge is -2.25. The third kappa shape index (κ3) is 4.13. The molecule has 7 nitrogen and oxygen atoms in total. The van der Waals surface area contributed by atoms with Crippen molar-refractivity contribution >= 4 is 28.5 Å². The monoisotopic (exact) mass is 482 g/mol. The molecule has 1 aromatic heterocycles. The molecule has 1 amide bonds. The summed E-state index contributed by atoms with van der Waals surface area (Å²) in [5.74, 6) is -0.614. The van der Waals surface area contributed by atoms with Crippen molar-refractivity contribution in [1.82, 2.24) is 4.90 Å². The first kappa shape index (κ1) is 23.4. The summed E-state index contributed by atoms with van der Waals surface area (Å²) in [7, 11) is 1.79. The minimum absolute atomic E-state index is 0.0120. The molecule has 0 fully saturated rings. The van der Waals surface area contributed by atoms with Gasteiger partial charge in [0.15, 0.2) is 5.43 Å². The highest BCUT2D eigenvalue weighted by atomic mass is 16.4. The van der Waals surface area contributed by atoms with Gasteiger partial charge >= 0.3 is 5.97 Å². The third-order valence-corrected chi connectivity index (χ3v) is 6.68. The zero-order valence-corrected chi connectivity index (χ0v) is 20.3. The Morgan fingerprint density at radius 2 is 1.86 bits per heavy atom. The number of carbonyl (C=O) groups is 2. The maximum Gasteiger partial charge on any atom is 0.337 e. The van der Waals surface area contributed by atoms with E-state index in [0.717, 1.165) is 28.7 Å². The van der Waals surface area contributed by atoms with Gasteiger partial charge < -0.3 is 19.7 Å². The van der Waals surface area contributed by atoms with Gasteiger partial charge in [-0.2, -0.15) is 0 Å². The van der Waals surface area contributed by atoms with Crippen molar-refractivity contribution in [3.8, 4) is 11.3 Å². The highest BCUT2D eigenvalue weighted by Gasteiger charge is 2.23. The van der Waals surface area contributed by atoms with Crippen LogP contribution in [0.5, 0.6) is 0 Å². The number of hydrogen-bond donors (Lipinski definition) is 2. The maximum absolute atomic E-state index is 13.2. The van der Waals surface area contributed by atoms with E-state index in [0.29, 0.717) is 34.5 Å². The molecule has 0 aliphatic carbocycles. The first-order valence-electron chi connectivity index (χ1n) is 11.8. The first-order chi connectivity index (χ1) is 17.2. The average molecular weight is 483 g/mol. The Morgan fingerprint density at radius 1 is 1.08 bits per heavy atom. The Balaban J connectivity index is 1.60. The van der Waals surface area contributed by atoms with Gasteiger partial charge in [-0.25, -0.2) is 4.79 Å². The highest BCUT2D eigenvalue weighted by molar-refractivity contribution is 5.97. The lowest BCUT2D eigenvalue weighted by molar-refractivity contribution is 0.0697. The molecule has 1 aliphatic rings. The number of amides is 1. The quantitative estimate of drug-likeness (QED) is 0.402. The molecule has 2 heterocycles. The third-order valence-electron chi connectivity index (χ3n) is 6.68. The van der Waals surface area contributed by atoms with E-state index in [9.17, 15) is 19.5 Å². The van der Waals surface area contributed by atoms with Gasteiger partial charge in [0.05, 0.1) is 17.0 Å². The van der Waals surface area contributed by atoms with Crippen LogP contribution in [0.1, 0.15) is 50.4 Å². The fourth-order valence-corrected chi connectivity index (χ4v) is 4.76. The normalized spacial score (nSPS) is 14.0. The molecule has 0 saturated carbocycles. The summed E-state index contributed by atoms with van der Waals surface area (Å²) in [5.41, 5.74) is 4.91. The number of nitrogens with one attached hydrogen (secondary N) is 1. The number of nitrogens with zero attached hydrogens (tertiary/aromatic N) is 1. The Morgan fingerprint density at radius 3 is 2.64 bits per heavy atom. The number of fused-ring (bicyclic) bond motifs is 2. The molecular weight excluding hydrogens is 456 g/mol. The van der Waals surface area contributed by atoms with Crippen LogP contribution < -0.4 is 10.7 Å². The van der Waals surface area contributed by atoms with E-state index in [1.807, 2.05) is 26.0 Å². The Kier molecular flexibility index (Phi) is 5.84. The fraction of sp³-hybridized carbons (Fsp3) is 0.207. The number of carboxylic acid groups (broad SMARTS) is 1. The summed E-state index contributed by atoms with van der Waals surface area (Å²) < 4.78 is 6.34. The van der Waals surface area contributed by atoms with Crippen molar-refractivity contribution in [2.24, 2.45) is 0 Å². The molecule has 1 aliphatic heterocycles. The fourth-order valence-electron chi connectivity index (χ4n) is 4.76. The summed E-state index contributed by atoms with van der Waals surface area (Å²) in [6.45, 7) is 4.45. The van der Waals surface area contributed by atoms with E-state index < -0.39 is 5.97 Å². The van der Waals surface area contributed by atoms with E-state index in [1.54, 1.807) is 54.4 Å². The van der Waals surface area contributed by atoms with Crippen LogP contribution in [0.25, 0.3) is 22.3 Å². The summed E-state index contributed by atoms with van der Waals surface area (Å²) in [6, 6.07) is 17.1. The molecule has 182 valence electrons. The van der Waals surface area contributed by atoms with Gasteiger partial charge in [-0.3, -0.25) is 9.59 Å². The maximum atomic E-state index is 13.2. The van der Waals surface area contributed by atoms with Crippen LogP contribution in [0.2, 0.25) is 0 Å². The van der Waals surface area contributed by atoms with Gasteiger partial charge in [0, 0.05) is 42.0 Å². The number of rotatable bonds is 5. The predicted molar refractivity (Wildman–Crippen MR) is 139 cm³/mol. The second-order valence-corrected chi connectivity index (χ2v) is 9.27. The van der Waals surface area contributed by atoms with Crippen molar-refractivity contribution in [2.75, 3.05) is 18.9 Å². The van der Waals surface area contributed by atoms with Crippen LogP contribution in [-0.4, -0.2) is 35.5 Å². The van der Waals surface area contributed by atoms with Gasteiger partial charge in [0.2, 0.25) is 0 Å². The number of anilines is 1. The molecule has 7 heteroatoms. The van der Waals surface area contributed by atoms with Crippen molar-refractivity contribution in [2.45, 2.75) is 26.3 Å². The van der Waals surface area contributed by atoms with Crippen LogP contribution in [0.3, 0.4) is 0 Å². The Hall–Kier alpha value is -4.39. The van der Waals surface area contributed by atoms with E-state index in [2.05, 4.69) is 5.32 Å². The molecule has 3 aromatic carbocycles. The van der Waals surface area contributed by atoms with Gasteiger partial charge in [-0.05, 0) is 61.7 Å². The average Bonchev–Trinajstić information content (AvgIpc) is 2.86. The van der Waals surface area contributed by atoms with Crippen molar-refractivity contribution in [3.05, 3.63) is 98.7 Å². The molecule has 0 spiro atoms. The van der Waals surface area contributed by atoms with E-state index in [-0.39, 0.29) is 22.9 Å². The van der Waals surface area contributed by atoms with E-state index in [1.165, 1.54) is 6.07 Å². The van der Waals surface area contributed by atoms with Crippen LogP contribution in [-0.2, 0) is 6.42 Å². The van der Waals surface area contributed by atoms with Crippen LogP contribution in [0, 0.1) is 6.92 Å². The molecule has 1 atom stereocenters. The largest absolute Gasteiger partial charge is 0.478 e. The zero-order valence-electron chi connectivity index (χ0n) is 20.3. The first-order valence-corrected chi connectivity index (χ1v) is 11.8. The van der Waals surface area contributed by atoms with Gasteiger partial charge in [-0.1, -0.05) is 24.3 Å². The van der Waals surface area contributed by atoms with Crippen LogP contribution >= 0.6 is 0 Å². The summed E-state index contributed by atoms with van der Waals surface area (Å²) >= 11 is 0. The number of hydrogen-bond acceptors (Lipinski definition) is 5. The summed E-state index contributed by atoms with van der Waals surface area (Å²) in [5, 5.41) is 13.3. The topological polar surface area (TPSA) is 99.8 Å². The molecule has 36 heavy (non-hydrogen) atoms. The SMILES string of the molecule is Cc1cc(C(C)Nc2ccccc2C(=O)O)c2oc(-c3ccc4c(c3)CCN(C)C4=O)cc(=O)c2c1. The minimum Gasteiger partial charge on any atom is -0.478 e. The number of benzene rings is 3. The summed E-state index contributed by atoms with van der Waals surface area (Å²) in [6.07, 6.45) is 0.734. The molecule has 5 rings (SSSR count). The molecule has 0 bridgehead atoms. The molecule has 0 radical (unpaired) electrons. The summed E-state index contributed by atoms with van der Waals surface area (Å²) in [4.78, 5) is 39.0. The number of para-hydroxylation sites is 1. The van der Waals surface area contributed by atoms with Crippen LogP contribution in [0.15, 0.2) is 69.9 Å². The lowest BCUT2D eigenvalue weighted by Crippen LogP contribution is -2.34. The van der Waals surface area contributed by atoms with Gasteiger partial charge in [0.1, 0.15) is 11.3 Å². The number of carboxylic acids is 1. The molecule has 4 aromatic rings.